The molecule has 1 unspecified atom stereocenters. The predicted molar refractivity (Wildman–Crippen MR) is 66.2 cm³/mol. The van der Waals surface area contributed by atoms with Gasteiger partial charge in [0.05, 0.1) is 11.5 Å². The highest BCUT2D eigenvalue weighted by atomic mass is 32.1. The summed E-state index contributed by atoms with van der Waals surface area (Å²) >= 11 is 0.881. The molecule has 0 aliphatic rings. The molecule has 0 spiro atoms. The second kappa shape index (κ2) is 5.91. The monoisotopic (exact) mass is 335 g/mol. The number of aromatic nitrogens is 1. The molecule has 1 aromatic carbocycles. The van der Waals surface area contributed by atoms with E-state index < -0.39 is 52.1 Å². The van der Waals surface area contributed by atoms with Gasteiger partial charge in [-0.15, -0.1) is 11.3 Å². The smallest absolute Gasteiger partial charge is 0.201 e. The number of benzene rings is 1. The normalized spacial score (nSPS) is 12.3. The Morgan fingerprint density at radius 3 is 1.91 bits per heavy atom. The number of rotatable bonds is 4. The lowest BCUT2D eigenvalue weighted by Gasteiger charge is -2.11. The molecule has 0 radical (unpaired) electrons. The van der Waals surface area contributed by atoms with Crippen LogP contribution in [0.15, 0.2) is 11.6 Å². The summed E-state index contributed by atoms with van der Waals surface area (Å²) in [5.74, 6) is -15.4. The van der Waals surface area contributed by atoms with Crippen molar-refractivity contribution >= 4 is 22.9 Å². The molecule has 116 valence electrons. The first kappa shape index (κ1) is 16.2. The molecule has 3 nitrogen and oxygen atoms in total. The van der Waals surface area contributed by atoms with Gasteiger partial charge in [-0.05, 0) is 6.92 Å². The lowest BCUT2D eigenvalue weighted by molar-refractivity contribution is 0.0814. The third kappa shape index (κ3) is 2.52. The van der Waals surface area contributed by atoms with E-state index in [0.29, 0.717) is 0 Å². The van der Waals surface area contributed by atoms with Gasteiger partial charge < -0.3 is 0 Å². The maximum Gasteiger partial charge on any atom is 0.201 e. The van der Waals surface area contributed by atoms with Crippen LogP contribution in [-0.4, -0.2) is 16.6 Å². The minimum atomic E-state index is -2.37. The number of carbonyl (C=O) groups is 2. The lowest BCUT2D eigenvalue weighted by Crippen LogP contribution is -2.25. The molecule has 0 fully saturated rings. The van der Waals surface area contributed by atoms with Crippen molar-refractivity contribution in [3.05, 3.63) is 51.2 Å². The zero-order valence-corrected chi connectivity index (χ0v) is 11.6. The predicted octanol–water partition coefficient (Wildman–Crippen LogP) is 3.54. The summed E-state index contributed by atoms with van der Waals surface area (Å²) in [7, 11) is 0. The summed E-state index contributed by atoms with van der Waals surface area (Å²) in [4.78, 5) is 27.5. The number of thiazole rings is 1. The molecule has 2 rings (SSSR count). The molecule has 0 saturated carbocycles. The van der Waals surface area contributed by atoms with Gasteiger partial charge in [-0.3, -0.25) is 9.59 Å². The first-order valence-electron chi connectivity index (χ1n) is 5.76. The van der Waals surface area contributed by atoms with Crippen molar-refractivity contribution in [3.63, 3.8) is 0 Å². The first-order chi connectivity index (χ1) is 10.3. The first-order valence-corrected chi connectivity index (χ1v) is 6.64. The standard InChI is InChI=1S/C13H6F5NO2S/c1-4(12(21)13-19-2-3-22-13)11(20)5-6(14)8(16)10(18)9(17)7(5)15/h2-4H,1H3. The summed E-state index contributed by atoms with van der Waals surface area (Å²) in [5.41, 5.74) is -1.63. The largest absolute Gasteiger partial charge is 0.293 e. The Bertz CT molecular complexity index is 731. The molecule has 22 heavy (non-hydrogen) atoms. The SMILES string of the molecule is CC(C(=O)c1nccs1)C(=O)c1c(F)c(F)c(F)c(F)c1F. The topological polar surface area (TPSA) is 47.0 Å². The third-order valence-electron chi connectivity index (χ3n) is 2.89. The second-order valence-electron chi connectivity index (χ2n) is 4.23. The average molecular weight is 335 g/mol. The third-order valence-corrected chi connectivity index (χ3v) is 3.67. The van der Waals surface area contributed by atoms with Gasteiger partial charge in [0.25, 0.3) is 0 Å². The Labute approximate surface area is 124 Å². The molecular weight excluding hydrogens is 329 g/mol. The Kier molecular flexibility index (Phi) is 4.36. The molecule has 2 aromatic rings. The molecule has 0 aliphatic heterocycles. The number of hydrogen-bond donors (Lipinski definition) is 0. The second-order valence-corrected chi connectivity index (χ2v) is 5.13. The Morgan fingerprint density at radius 1 is 0.955 bits per heavy atom. The van der Waals surface area contributed by atoms with Gasteiger partial charge in [0.15, 0.2) is 34.1 Å². The maximum absolute atomic E-state index is 13.6. The number of hydrogen-bond acceptors (Lipinski definition) is 4. The number of ketones is 2. The van der Waals surface area contributed by atoms with Crippen LogP contribution in [0.4, 0.5) is 22.0 Å². The van der Waals surface area contributed by atoms with E-state index in [2.05, 4.69) is 4.98 Å². The number of Topliss-reactive ketones (excluding diaryl/α,β-unsaturated/α-hetero) is 2. The van der Waals surface area contributed by atoms with Crippen molar-refractivity contribution in [2.24, 2.45) is 5.92 Å². The van der Waals surface area contributed by atoms with Crippen LogP contribution in [0.1, 0.15) is 27.1 Å². The molecule has 1 aromatic heterocycles. The lowest BCUT2D eigenvalue weighted by atomic mass is 9.94. The molecule has 9 heteroatoms. The maximum atomic E-state index is 13.6. The van der Waals surface area contributed by atoms with Crippen molar-refractivity contribution in [3.8, 4) is 0 Å². The summed E-state index contributed by atoms with van der Waals surface area (Å²) in [5, 5.41) is 1.33. The van der Waals surface area contributed by atoms with Gasteiger partial charge in [-0.1, -0.05) is 0 Å². The fourth-order valence-corrected chi connectivity index (χ4v) is 2.35. The van der Waals surface area contributed by atoms with Gasteiger partial charge in [0.1, 0.15) is 0 Å². The van der Waals surface area contributed by atoms with E-state index >= 15 is 0 Å². The van der Waals surface area contributed by atoms with E-state index in [-0.39, 0.29) is 5.01 Å². The average Bonchev–Trinajstić information content (AvgIpc) is 3.03. The minimum absolute atomic E-state index is 0.107. The molecule has 0 N–H and O–H groups in total. The number of halogens is 5. The van der Waals surface area contributed by atoms with Gasteiger partial charge in [-0.2, -0.15) is 0 Å². The van der Waals surface area contributed by atoms with Gasteiger partial charge >= 0.3 is 0 Å². The van der Waals surface area contributed by atoms with E-state index in [4.69, 9.17) is 0 Å². The molecule has 1 heterocycles. The highest BCUT2D eigenvalue weighted by molar-refractivity contribution is 7.11. The zero-order chi connectivity index (χ0) is 16.6. The van der Waals surface area contributed by atoms with Gasteiger partial charge in [0.2, 0.25) is 11.6 Å². The molecular formula is C13H6F5NO2S. The number of carbonyl (C=O) groups excluding carboxylic acids is 2. The van der Waals surface area contributed by atoms with Crippen molar-refractivity contribution in [1.29, 1.82) is 0 Å². The molecule has 0 saturated heterocycles. The summed E-state index contributed by atoms with van der Waals surface area (Å²) in [6, 6.07) is 0. The molecule has 0 bridgehead atoms. The van der Waals surface area contributed by atoms with Crippen LogP contribution < -0.4 is 0 Å². The van der Waals surface area contributed by atoms with E-state index in [1.165, 1.54) is 11.6 Å². The minimum Gasteiger partial charge on any atom is -0.293 e. The number of nitrogens with zero attached hydrogens (tertiary/aromatic N) is 1. The van der Waals surface area contributed by atoms with Gasteiger partial charge in [0, 0.05) is 11.6 Å². The fraction of sp³-hybridized carbons (Fsp3) is 0.154. The molecule has 1 atom stereocenters. The van der Waals surface area contributed by atoms with Crippen LogP contribution in [0.3, 0.4) is 0 Å². The van der Waals surface area contributed by atoms with Crippen LogP contribution in [0, 0.1) is 35.0 Å². The Morgan fingerprint density at radius 2 is 1.45 bits per heavy atom. The quantitative estimate of drug-likeness (QED) is 0.282. The van der Waals surface area contributed by atoms with Crippen molar-refractivity contribution in [2.45, 2.75) is 6.92 Å². The summed E-state index contributed by atoms with van der Waals surface area (Å²) < 4.78 is 66.2. The fourth-order valence-electron chi connectivity index (χ4n) is 1.69. The summed E-state index contributed by atoms with van der Waals surface area (Å²) in [6.07, 6.45) is 1.27. The summed E-state index contributed by atoms with van der Waals surface area (Å²) in [6.45, 7) is 1.00. The zero-order valence-electron chi connectivity index (χ0n) is 10.8. The molecule has 0 aliphatic carbocycles. The van der Waals surface area contributed by atoms with E-state index in [9.17, 15) is 31.5 Å². The van der Waals surface area contributed by atoms with E-state index in [0.717, 1.165) is 18.3 Å². The van der Waals surface area contributed by atoms with Crippen LogP contribution >= 0.6 is 11.3 Å². The van der Waals surface area contributed by atoms with Crippen LogP contribution in [-0.2, 0) is 0 Å². The highest BCUT2D eigenvalue weighted by Gasteiger charge is 2.34. The van der Waals surface area contributed by atoms with E-state index in [1.54, 1.807) is 0 Å². The Balaban J connectivity index is 2.48. The van der Waals surface area contributed by atoms with Crippen LogP contribution in [0.2, 0.25) is 0 Å². The van der Waals surface area contributed by atoms with E-state index in [1.807, 2.05) is 0 Å². The highest BCUT2D eigenvalue weighted by Crippen LogP contribution is 2.26. The van der Waals surface area contributed by atoms with Crippen LogP contribution in [0.25, 0.3) is 0 Å². The Hall–Kier alpha value is -2.16. The van der Waals surface area contributed by atoms with Crippen molar-refractivity contribution in [1.82, 2.24) is 4.98 Å². The van der Waals surface area contributed by atoms with Gasteiger partial charge in [-0.25, -0.2) is 26.9 Å². The van der Waals surface area contributed by atoms with Crippen molar-refractivity contribution in [2.75, 3.05) is 0 Å². The van der Waals surface area contributed by atoms with Crippen LogP contribution in [0.5, 0.6) is 0 Å². The molecule has 0 amide bonds. The van der Waals surface area contributed by atoms with Crippen molar-refractivity contribution < 1.29 is 31.5 Å².